The summed E-state index contributed by atoms with van der Waals surface area (Å²) < 4.78 is 4.72. The Kier molecular flexibility index (Phi) is 5.36. The van der Waals surface area contributed by atoms with Gasteiger partial charge in [0.2, 0.25) is 0 Å². The molecule has 0 saturated heterocycles. The smallest absolute Gasteiger partial charge is 0.316 e. The van der Waals surface area contributed by atoms with E-state index in [9.17, 15) is 4.79 Å². The van der Waals surface area contributed by atoms with Crippen molar-refractivity contribution in [3.63, 3.8) is 0 Å². The van der Waals surface area contributed by atoms with Crippen molar-refractivity contribution in [2.45, 2.75) is 13.3 Å². The second-order valence-electron chi connectivity index (χ2n) is 3.60. The van der Waals surface area contributed by atoms with Crippen LogP contribution in [0, 0.1) is 6.92 Å². The molecule has 16 heavy (non-hydrogen) atoms. The lowest BCUT2D eigenvalue weighted by atomic mass is 10.1. The summed E-state index contributed by atoms with van der Waals surface area (Å²) in [4.78, 5) is 11.1. The van der Waals surface area contributed by atoms with Crippen molar-refractivity contribution in [2.75, 3.05) is 20.4 Å². The molecule has 0 spiro atoms. The molecule has 4 nitrogen and oxygen atoms in total. The fourth-order valence-electron chi connectivity index (χ4n) is 1.28. The molecule has 4 heteroatoms. The van der Waals surface area contributed by atoms with Crippen LogP contribution in [-0.4, -0.2) is 26.4 Å². The Balaban J connectivity index is 2.20. The van der Waals surface area contributed by atoms with Crippen molar-refractivity contribution in [1.29, 1.82) is 0 Å². The van der Waals surface area contributed by atoms with Crippen molar-refractivity contribution in [1.82, 2.24) is 10.6 Å². The third-order valence-corrected chi connectivity index (χ3v) is 2.20. The van der Waals surface area contributed by atoms with Gasteiger partial charge in [0, 0.05) is 13.7 Å². The molecule has 88 valence electrons. The van der Waals surface area contributed by atoms with Gasteiger partial charge < -0.3 is 15.4 Å². The molecule has 0 heterocycles. The van der Waals surface area contributed by atoms with Crippen molar-refractivity contribution in [3.8, 4) is 0 Å². The van der Waals surface area contributed by atoms with Gasteiger partial charge in [-0.25, -0.2) is 4.79 Å². The van der Waals surface area contributed by atoms with Crippen LogP contribution < -0.4 is 10.6 Å². The zero-order valence-corrected chi connectivity index (χ0v) is 9.75. The number of hydrogen-bond donors (Lipinski definition) is 2. The molecule has 0 atom stereocenters. The number of methoxy groups -OCH3 is 1. The summed E-state index contributed by atoms with van der Waals surface area (Å²) >= 11 is 0. The van der Waals surface area contributed by atoms with Gasteiger partial charge in [0.05, 0.1) is 0 Å². The predicted octanol–water partition coefficient (Wildman–Crippen LogP) is 1.44. The van der Waals surface area contributed by atoms with Crippen LogP contribution in [0.25, 0.3) is 0 Å². The van der Waals surface area contributed by atoms with Crippen LogP contribution in [-0.2, 0) is 11.2 Å². The monoisotopic (exact) mass is 222 g/mol. The van der Waals surface area contributed by atoms with E-state index in [1.807, 2.05) is 0 Å². The summed E-state index contributed by atoms with van der Waals surface area (Å²) in [7, 11) is 1.53. The van der Waals surface area contributed by atoms with E-state index in [0.717, 1.165) is 6.42 Å². The maximum Gasteiger partial charge on any atom is 0.316 e. The van der Waals surface area contributed by atoms with E-state index in [0.29, 0.717) is 6.54 Å². The number of hydrogen-bond acceptors (Lipinski definition) is 2. The van der Waals surface area contributed by atoms with Crippen molar-refractivity contribution in [3.05, 3.63) is 35.4 Å². The quantitative estimate of drug-likeness (QED) is 0.741. The number of ether oxygens (including phenoxy) is 1. The molecule has 0 aliphatic rings. The highest BCUT2D eigenvalue weighted by Crippen LogP contribution is 2.02. The van der Waals surface area contributed by atoms with Gasteiger partial charge >= 0.3 is 6.03 Å². The summed E-state index contributed by atoms with van der Waals surface area (Å²) in [5.74, 6) is 0. The Morgan fingerprint density at radius 1 is 1.25 bits per heavy atom. The standard InChI is InChI=1S/C12H18N2O2/c1-10-3-5-11(6-4-10)7-8-13-12(15)14-9-16-2/h3-6H,7-9H2,1-2H3,(H2,13,14,15). The Bertz CT molecular complexity index is 322. The summed E-state index contributed by atoms with van der Waals surface area (Å²) in [6.45, 7) is 2.91. The largest absolute Gasteiger partial charge is 0.364 e. The lowest BCUT2D eigenvalue weighted by Crippen LogP contribution is -2.37. The average Bonchev–Trinajstić information content (AvgIpc) is 2.29. The van der Waals surface area contributed by atoms with Crippen molar-refractivity contribution < 1.29 is 9.53 Å². The molecule has 0 bridgehead atoms. The van der Waals surface area contributed by atoms with E-state index in [4.69, 9.17) is 4.74 Å². The van der Waals surface area contributed by atoms with Gasteiger partial charge in [0.25, 0.3) is 0 Å². The molecule has 0 unspecified atom stereocenters. The number of carbonyl (C=O) groups excluding carboxylic acids is 1. The molecule has 1 rings (SSSR count). The number of amides is 2. The number of aryl methyl sites for hydroxylation is 1. The van der Waals surface area contributed by atoms with Gasteiger partial charge in [-0.05, 0) is 18.9 Å². The van der Waals surface area contributed by atoms with E-state index >= 15 is 0 Å². The molecular formula is C12H18N2O2. The second kappa shape index (κ2) is 6.85. The highest BCUT2D eigenvalue weighted by atomic mass is 16.5. The van der Waals surface area contributed by atoms with Gasteiger partial charge in [-0.15, -0.1) is 0 Å². The maximum absolute atomic E-state index is 11.1. The first-order valence-corrected chi connectivity index (χ1v) is 5.28. The average molecular weight is 222 g/mol. The minimum atomic E-state index is -0.200. The summed E-state index contributed by atoms with van der Waals surface area (Å²) in [5, 5.41) is 5.31. The van der Waals surface area contributed by atoms with Crippen LogP contribution in [0.4, 0.5) is 4.79 Å². The van der Waals surface area contributed by atoms with Crippen LogP contribution in [0.5, 0.6) is 0 Å². The minimum absolute atomic E-state index is 0.200. The van der Waals surface area contributed by atoms with Crippen molar-refractivity contribution in [2.24, 2.45) is 0 Å². The van der Waals surface area contributed by atoms with Crippen LogP contribution in [0.15, 0.2) is 24.3 Å². The van der Waals surface area contributed by atoms with Crippen LogP contribution >= 0.6 is 0 Å². The van der Waals surface area contributed by atoms with E-state index in [-0.39, 0.29) is 12.8 Å². The maximum atomic E-state index is 11.1. The van der Waals surface area contributed by atoms with Gasteiger partial charge in [-0.1, -0.05) is 29.8 Å². The van der Waals surface area contributed by atoms with E-state index in [1.165, 1.54) is 18.2 Å². The first kappa shape index (κ1) is 12.5. The van der Waals surface area contributed by atoms with Gasteiger partial charge in [0.1, 0.15) is 6.73 Å². The van der Waals surface area contributed by atoms with Crippen molar-refractivity contribution >= 4 is 6.03 Å². The Hall–Kier alpha value is -1.55. The third-order valence-electron chi connectivity index (χ3n) is 2.20. The lowest BCUT2D eigenvalue weighted by molar-refractivity contribution is 0.172. The number of urea groups is 1. The Morgan fingerprint density at radius 3 is 2.56 bits per heavy atom. The zero-order chi connectivity index (χ0) is 11.8. The molecule has 1 aromatic rings. The Morgan fingerprint density at radius 2 is 1.94 bits per heavy atom. The molecule has 0 aromatic heterocycles. The Labute approximate surface area is 96.0 Å². The molecule has 0 aliphatic carbocycles. The number of rotatable bonds is 5. The lowest BCUT2D eigenvalue weighted by Gasteiger charge is -2.06. The second-order valence-corrected chi connectivity index (χ2v) is 3.60. The molecule has 1 aromatic carbocycles. The molecule has 0 saturated carbocycles. The van der Waals surface area contributed by atoms with Crippen LogP contribution in [0.1, 0.15) is 11.1 Å². The van der Waals surface area contributed by atoms with Crippen LogP contribution in [0.3, 0.4) is 0 Å². The molecule has 0 fully saturated rings. The summed E-state index contributed by atoms with van der Waals surface area (Å²) in [6, 6.07) is 8.09. The molecule has 0 radical (unpaired) electrons. The minimum Gasteiger partial charge on any atom is -0.364 e. The van der Waals surface area contributed by atoms with Gasteiger partial charge in [0.15, 0.2) is 0 Å². The highest BCUT2D eigenvalue weighted by molar-refractivity contribution is 5.73. The first-order valence-electron chi connectivity index (χ1n) is 5.28. The first-order chi connectivity index (χ1) is 7.72. The summed E-state index contributed by atoms with van der Waals surface area (Å²) in [5.41, 5.74) is 2.46. The molecule has 2 N–H and O–H groups in total. The number of benzene rings is 1. The fraction of sp³-hybridized carbons (Fsp3) is 0.417. The SMILES string of the molecule is COCNC(=O)NCCc1ccc(C)cc1. The predicted molar refractivity (Wildman–Crippen MR) is 63.3 cm³/mol. The topological polar surface area (TPSA) is 50.4 Å². The number of nitrogens with one attached hydrogen (secondary N) is 2. The van der Waals surface area contributed by atoms with E-state index in [2.05, 4.69) is 41.8 Å². The molecule has 0 aliphatic heterocycles. The fourth-order valence-corrected chi connectivity index (χ4v) is 1.28. The van der Waals surface area contributed by atoms with E-state index < -0.39 is 0 Å². The molecular weight excluding hydrogens is 204 g/mol. The van der Waals surface area contributed by atoms with Gasteiger partial charge in [-0.3, -0.25) is 0 Å². The number of carbonyl (C=O) groups is 1. The molecule has 2 amide bonds. The van der Waals surface area contributed by atoms with Crippen LogP contribution in [0.2, 0.25) is 0 Å². The normalized spacial score (nSPS) is 9.88. The van der Waals surface area contributed by atoms with Gasteiger partial charge in [-0.2, -0.15) is 0 Å². The summed E-state index contributed by atoms with van der Waals surface area (Å²) in [6.07, 6.45) is 0.834. The highest BCUT2D eigenvalue weighted by Gasteiger charge is 1.98. The van der Waals surface area contributed by atoms with E-state index in [1.54, 1.807) is 0 Å². The zero-order valence-electron chi connectivity index (χ0n) is 9.75. The third kappa shape index (κ3) is 4.79.